The van der Waals surface area contributed by atoms with Gasteiger partial charge in [0.05, 0.1) is 7.11 Å². The van der Waals surface area contributed by atoms with Gasteiger partial charge in [-0.25, -0.2) is 0 Å². The van der Waals surface area contributed by atoms with Crippen molar-refractivity contribution in [2.75, 3.05) is 12.4 Å². The monoisotopic (exact) mass is 399 g/mol. The number of hydrogen-bond acceptors (Lipinski definition) is 4. The molecule has 1 amide bonds. The van der Waals surface area contributed by atoms with Crippen molar-refractivity contribution in [3.8, 4) is 11.5 Å². The van der Waals surface area contributed by atoms with Gasteiger partial charge < -0.3 is 15.2 Å². The van der Waals surface area contributed by atoms with E-state index in [0.717, 1.165) is 11.1 Å². The molecule has 1 aliphatic carbocycles. The lowest BCUT2D eigenvalue weighted by molar-refractivity contribution is 0.101. The molecule has 3 aromatic rings. The maximum atomic E-state index is 12.8. The average Bonchev–Trinajstić information content (AvgIpc) is 2.76. The van der Waals surface area contributed by atoms with Crippen LogP contribution in [0, 0.1) is 0 Å². The van der Waals surface area contributed by atoms with E-state index in [2.05, 4.69) is 5.32 Å². The van der Waals surface area contributed by atoms with Gasteiger partial charge >= 0.3 is 0 Å². The SMILES string of the molecule is COc1ccc(C(=O)Nc2cccc(/C=C3/CCc4cc(O)ccc4C3=O)c2)cc1. The maximum absolute atomic E-state index is 12.8. The summed E-state index contributed by atoms with van der Waals surface area (Å²) in [6.45, 7) is 0. The second-order valence-electron chi connectivity index (χ2n) is 7.15. The van der Waals surface area contributed by atoms with Crippen LogP contribution in [0.3, 0.4) is 0 Å². The molecule has 0 fully saturated rings. The van der Waals surface area contributed by atoms with Gasteiger partial charge in [-0.3, -0.25) is 9.59 Å². The molecular weight excluding hydrogens is 378 g/mol. The molecule has 0 aliphatic heterocycles. The van der Waals surface area contributed by atoms with Crippen molar-refractivity contribution in [2.45, 2.75) is 12.8 Å². The van der Waals surface area contributed by atoms with Crippen LogP contribution in [0.15, 0.2) is 72.3 Å². The number of fused-ring (bicyclic) bond motifs is 1. The summed E-state index contributed by atoms with van der Waals surface area (Å²) >= 11 is 0. The highest BCUT2D eigenvalue weighted by Crippen LogP contribution is 2.29. The van der Waals surface area contributed by atoms with Crippen LogP contribution in [-0.2, 0) is 6.42 Å². The first-order chi connectivity index (χ1) is 14.5. The average molecular weight is 399 g/mol. The minimum atomic E-state index is -0.218. The van der Waals surface area contributed by atoms with Crippen LogP contribution < -0.4 is 10.1 Å². The molecule has 4 rings (SSSR count). The third-order valence-corrected chi connectivity index (χ3v) is 5.13. The Morgan fingerprint density at radius 1 is 1.03 bits per heavy atom. The summed E-state index contributed by atoms with van der Waals surface area (Å²) < 4.78 is 5.11. The Kier molecular flexibility index (Phi) is 5.35. The Balaban J connectivity index is 1.52. The molecule has 0 spiro atoms. The predicted molar refractivity (Wildman–Crippen MR) is 116 cm³/mol. The molecule has 0 saturated heterocycles. The Hall–Kier alpha value is -3.86. The highest BCUT2D eigenvalue weighted by atomic mass is 16.5. The quantitative estimate of drug-likeness (QED) is 0.614. The second-order valence-corrected chi connectivity index (χ2v) is 7.15. The minimum absolute atomic E-state index is 0.0241. The number of carbonyl (C=O) groups is 2. The molecule has 0 radical (unpaired) electrons. The molecular formula is C25H21NO4. The Morgan fingerprint density at radius 3 is 2.60 bits per heavy atom. The zero-order valence-electron chi connectivity index (χ0n) is 16.5. The number of aromatic hydroxyl groups is 1. The number of allylic oxidation sites excluding steroid dienone is 1. The molecule has 0 heterocycles. The topological polar surface area (TPSA) is 75.6 Å². The first kappa shape index (κ1) is 19.5. The fraction of sp³-hybridized carbons (Fsp3) is 0.120. The van der Waals surface area contributed by atoms with Crippen molar-refractivity contribution in [3.05, 3.63) is 94.6 Å². The van der Waals surface area contributed by atoms with Crippen LogP contribution in [0.4, 0.5) is 5.69 Å². The van der Waals surface area contributed by atoms with Crippen LogP contribution in [0.25, 0.3) is 6.08 Å². The van der Waals surface area contributed by atoms with E-state index in [1.807, 2.05) is 30.3 Å². The summed E-state index contributed by atoms with van der Waals surface area (Å²) in [5.74, 6) is 0.622. The van der Waals surface area contributed by atoms with Crippen LogP contribution in [-0.4, -0.2) is 23.9 Å². The fourth-order valence-electron chi connectivity index (χ4n) is 3.56. The smallest absolute Gasteiger partial charge is 0.255 e. The zero-order chi connectivity index (χ0) is 21.1. The van der Waals surface area contributed by atoms with E-state index in [0.29, 0.717) is 41.0 Å². The highest BCUT2D eigenvalue weighted by Gasteiger charge is 2.22. The first-order valence-electron chi connectivity index (χ1n) is 9.66. The molecule has 150 valence electrons. The van der Waals surface area contributed by atoms with Crippen LogP contribution >= 0.6 is 0 Å². The number of carbonyl (C=O) groups excluding carboxylic acids is 2. The number of amides is 1. The lowest BCUT2D eigenvalue weighted by Crippen LogP contribution is -2.14. The fourth-order valence-corrected chi connectivity index (χ4v) is 3.56. The van der Waals surface area contributed by atoms with E-state index >= 15 is 0 Å². The molecule has 30 heavy (non-hydrogen) atoms. The van der Waals surface area contributed by atoms with Crippen molar-refractivity contribution in [1.29, 1.82) is 0 Å². The van der Waals surface area contributed by atoms with Gasteiger partial charge in [-0.05, 0) is 84.6 Å². The summed E-state index contributed by atoms with van der Waals surface area (Å²) in [7, 11) is 1.58. The van der Waals surface area contributed by atoms with Crippen molar-refractivity contribution in [1.82, 2.24) is 0 Å². The van der Waals surface area contributed by atoms with Crippen molar-refractivity contribution in [2.24, 2.45) is 0 Å². The van der Waals surface area contributed by atoms with Crippen LogP contribution in [0.2, 0.25) is 0 Å². The number of anilines is 1. The summed E-state index contributed by atoms with van der Waals surface area (Å²) in [5, 5.41) is 12.5. The summed E-state index contributed by atoms with van der Waals surface area (Å²) in [4.78, 5) is 25.3. The van der Waals surface area contributed by atoms with Gasteiger partial charge in [-0.1, -0.05) is 12.1 Å². The number of methoxy groups -OCH3 is 1. The van der Waals surface area contributed by atoms with Crippen LogP contribution in [0.1, 0.15) is 38.3 Å². The van der Waals surface area contributed by atoms with E-state index in [-0.39, 0.29) is 17.4 Å². The molecule has 3 aromatic carbocycles. The van der Waals surface area contributed by atoms with E-state index in [4.69, 9.17) is 4.74 Å². The number of nitrogens with one attached hydrogen (secondary N) is 1. The molecule has 1 aliphatic rings. The molecule has 0 atom stereocenters. The van der Waals surface area contributed by atoms with E-state index in [9.17, 15) is 14.7 Å². The van der Waals surface area contributed by atoms with E-state index in [1.54, 1.807) is 43.5 Å². The number of ketones is 1. The molecule has 0 aromatic heterocycles. The van der Waals surface area contributed by atoms with Gasteiger partial charge in [-0.2, -0.15) is 0 Å². The minimum Gasteiger partial charge on any atom is -0.508 e. The molecule has 5 heteroatoms. The molecule has 0 unspecified atom stereocenters. The van der Waals surface area contributed by atoms with Crippen molar-refractivity contribution < 1.29 is 19.4 Å². The third-order valence-electron chi connectivity index (χ3n) is 5.13. The highest BCUT2D eigenvalue weighted by molar-refractivity contribution is 6.13. The van der Waals surface area contributed by atoms with Gasteiger partial charge in [0.25, 0.3) is 5.91 Å². The number of phenolic OH excluding ortho intramolecular Hbond substituents is 1. The van der Waals surface area contributed by atoms with Gasteiger partial charge in [0, 0.05) is 22.4 Å². The van der Waals surface area contributed by atoms with Crippen molar-refractivity contribution >= 4 is 23.5 Å². The zero-order valence-corrected chi connectivity index (χ0v) is 16.5. The lowest BCUT2D eigenvalue weighted by atomic mass is 9.86. The van der Waals surface area contributed by atoms with Crippen molar-refractivity contribution in [3.63, 3.8) is 0 Å². The number of ether oxygens (including phenoxy) is 1. The first-order valence-corrected chi connectivity index (χ1v) is 9.66. The second kappa shape index (κ2) is 8.25. The van der Waals surface area contributed by atoms with E-state index < -0.39 is 0 Å². The molecule has 2 N–H and O–H groups in total. The number of rotatable bonds is 4. The summed E-state index contributed by atoms with van der Waals surface area (Å²) in [5.41, 5.74) is 4.24. The number of phenols is 1. The van der Waals surface area contributed by atoms with Gasteiger partial charge in [0.2, 0.25) is 0 Å². The molecule has 0 bridgehead atoms. The normalized spacial score (nSPS) is 14.3. The van der Waals surface area contributed by atoms with Gasteiger partial charge in [0.15, 0.2) is 5.78 Å². The number of benzene rings is 3. The van der Waals surface area contributed by atoms with Gasteiger partial charge in [-0.15, -0.1) is 0 Å². The Labute approximate surface area is 174 Å². The number of Topliss-reactive ketones (excluding diaryl/α,β-unsaturated/α-hetero) is 1. The summed E-state index contributed by atoms with van der Waals surface area (Å²) in [6, 6.07) is 19.1. The number of aryl methyl sites for hydroxylation is 1. The Morgan fingerprint density at radius 2 is 1.83 bits per heavy atom. The maximum Gasteiger partial charge on any atom is 0.255 e. The lowest BCUT2D eigenvalue weighted by Gasteiger charge is -2.17. The third kappa shape index (κ3) is 4.10. The predicted octanol–water partition coefficient (Wildman–Crippen LogP) is 4.87. The Bertz CT molecular complexity index is 1150. The summed E-state index contributed by atoms with van der Waals surface area (Å²) in [6.07, 6.45) is 3.17. The largest absolute Gasteiger partial charge is 0.508 e. The van der Waals surface area contributed by atoms with Crippen LogP contribution in [0.5, 0.6) is 11.5 Å². The number of hydrogen-bond donors (Lipinski definition) is 2. The molecule has 5 nitrogen and oxygen atoms in total. The van der Waals surface area contributed by atoms with Gasteiger partial charge in [0.1, 0.15) is 11.5 Å². The molecule has 0 saturated carbocycles. The standard InChI is InChI=1S/C25H21NO4/c1-30-22-10-7-17(8-11-22)25(29)26-20-4-2-3-16(14-20)13-19-6-5-18-15-21(27)9-12-23(18)24(19)28/h2-4,7-15,27H,5-6H2,1H3,(H,26,29)/b19-13-. The van der Waals surface area contributed by atoms with E-state index in [1.165, 1.54) is 6.07 Å².